The smallest absolute Gasteiger partial charge is 0.354 e. The van der Waals surface area contributed by atoms with Crippen LogP contribution in [0.25, 0.3) is 0 Å². The molecule has 1 heterocycles. The molecule has 1 aromatic heterocycles. The molecule has 0 aliphatic rings. The second kappa shape index (κ2) is 7.62. The number of hydrogen-bond acceptors (Lipinski definition) is 5. The number of aromatic carboxylic acids is 1. The first-order valence-corrected chi connectivity index (χ1v) is 9.17. The molecule has 134 valence electrons. The van der Waals surface area contributed by atoms with Crippen LogP contribution in [-0.4, -0.2) is 41.9 Å². The quantitative estimate of drug-likeness (QED) is 0.784. The monoisotopic (exact) mass is 363 g/mol. The molecule has 0 amide bonds. The van der Waals surface area contributed by atoms with E-state index in [1.807, 2.05) is 13.8 Å². The normalized spacial score (nSPS) is 11.7. The van der Waals surface area contributed by atoms with Crippen molar-refractivity contribution < 1.29 is 18.3 Å². The Morgan fingerprint density at radius 1 is 1.20 bits per heavy atom. The van der Waals surface area contributed by atoms with Gasteiger partial charge in [0.15, 0.2) is 5.69 Å². The van der Waals surface area contributed by atoms with Crippen LogP contribution in [0.15, 0.2) is 47.4 Å². The minimum atomic E-state index is -3.50. The summed E-state index contributed by atoms with van der Waals surface area (Å²) >= 11 is 0. The SMILES string of the molecule is CC(C)N(C)S(=O)(=O)c1ccc(CNc2cccc(C(=O)O)n2)cc1. The van der Waals surface area contributed by atoms with E-state index in [0.717, 1.165) is 5.56 Å². The summed E-state index contributed by atoms with van der Waals surface area (Å²) in [6.45, 7) is 4.03. The lowest BCUT2D eigenvalue weighted by Crippen LogP contribution is -2.33. The van der Waals surface area contributed by atoms with Crippen LogP contribution < -0.4 is 5.32 Å². The Morgan fingerprint density at radius 2 is 1.84 bits per heavy atom. The van der Waals surface area contributed by atoms with Crippen LogP contribution in [0, 0.1) is 0 Å². The number of carboxylic acid groups (broad SMARTS) is 1. The fourth-order valence-corrected chi connectivity index (χ4v) is 3.44. The highest BCUT2D eigenvalue weighted by Gasteiger charge is 2.22. The summed E-state index contributed by atoms with van der Waals surface area (Å²) in [5.74, 6) is -0.649. The Hall–Kier alpha value is -2.45. The summed E-state index contributed by atoms with van der Waals surface area (Å²) in [5.41, 5.74) is 0.817. The first-order chi connectivity index (χ1) is 11.7. The standard InChI is InChI=1S/C17H21N3O4S/c1-12(2)20(3)25(23,24)14-9-7-13(8-10-14)11-18-16-6-4-5-15(19-16)17(21)22/h4-10,12H,11H2,1-3H3,(H,18,19)(H,21,22). The lowest BCUT2D eigenvalue weighted by Gasteiger charge is -2.21. The van der Waals surface area contributed by atoms with Crippen molar-refractivity contribution in [3.05, 3.63) is 53.7 Å². The van der Waals surface area contributed by atoms with Crippen LogP contribution in [0.4, 0.5) is 5.82 Å². The van der Waals surface area contributed by atoms with Crippen LogP contribution >= 0.6 is 0 Å². The molecule has 0 unspecified atom stereocenters. The molecule has 0 radical (unpaired) electrons. The third-order valence-electron chi connectivity index (χ3n) is 3.77. The van der Waals surface area contributed by atoms with Gasteiger partial charge in [-0.05, 0) is 43.7 Å². The van der Waals surface area contributed by atoms with Crippen molar-refractivity contribution in [1.29, 1.82) is 0 Å². The topological polar surface area (TPSA) is 99.6 Å². The third-order valence-corrected chi connectivity index (χ3v) is 5.82. The molecule has 0 saturated carbocycles. The van der Waals surface area contributed by atoms with E-state index < -0.39 is 16.0 Å². The van der Waals surface area contributed by atoms with Gasteiger partial charge in [-0.15, -0.1) is 0 Å². The molecule has 2 N–H and O–H groups in total. The van der Waals surface area contributed by atoms with Crippen molar-refractivity contribution in [2.75, 3.05) is 12.4 Å². The molecule has 1 aromatic carbocycles. The molecular weight excluding hydrogens is 342 g/mol. The van der Waals surface area contributed by atoms with E-state index >= 15 is 0 Å². The highest BCUT2D eigenvalue weighted by molar-refractivity contribution is 7.89. The lowest BCUT2D eigenvalue weighted by molar-refractivity contribution is 0.0690. The van der Waals surface area contributed by atoms with E-state index in [9.17, 15) is 13.2 Å². The number of benzene rings is 1. The van der Waals surface area contributed by atoms with E-state index in [1.165, 1.54) is 10.4 Å². The zero-order valence-corrected chi connectivity index (χ0v) is 15.1. The molecule has 0 aliphatic heterocycles. The van der Waals surface area contributed by atoms with E-state index in [0.29, 0.717) is 12.4 Å². The maximum Gasteiger partial charge on any atom is 0.354 e. The summed E-state index contributed by atoms with van der Waals surface area (Å²) < 4.78 is 26.1. The number of rotatable bonds is 7. The Kier molecular flexibility index (Phi) is 5.76. The molecule has 0 bridgehead atoms. The van der Waals surface area contributed by atoms with Gasteiger partial charge in [0, 0.05) is 19.6 Å². The number of carbonyl (C=O) groups is 1. The maximum absolute atomic E-state index is 12.4. The molecule has 2 aromatic rings. The number of carboxylic acids is 1. The van der Waals surface area contributed by atoms with E-state index in [2.05, 4.69) is 10.3 Å². The number of aromatic nitrogens is 1. The molecular formula is C17H21N3O4S. The first kappa shape index (κ1) is 18.9. The number of anilines is 1. The first-order valence-electron chi connectivity index (χ1n) is 7.73. The second-order valence-electron chi connectivity index (χ2n) is 5.83. The van der Waals surface area contributed by atoms with Gasteiger partial charge >= 0.3 is 5.97 Å². The van der Waals surface area contributed by atoms with Gasteiger partial charge in [-0.25, -0.2) is 18.2 Å². The van der Waals surface area contributed by atoms with Gasteiger partial charge in [-0.3, -0.25) is 0 Å². The fourth-order valence-electron chi connectivity index (χ4n) is 2.07. The molecule has 25 heavy (non-hydrogen) atoms. The number of sulfonamides is 1. The summed E-state index contributed by atoms with van der Waals surface area (Å²) in [7, 11) is -1.95. The minimum absolute atomic E-state index is 0.0387. The van der Waals surface area contributed by atoms with Crippen LogP contribution in [0.2, 0.25) is 0 Å². The number of hydrogen-bond donors (Lipinski definition) is 2. The molecule has 8 heteroatoms. The molecule has 0 atom stereocenters. The van der Waals surface area contributed by atoms with E-state index in [-0.39, 0.29) is 16.6 Å². The number of nitrogens with zero attached hydrogens (tertiary/aromatic N) is 2. The predicted molar refractivity (Wildman–Crippen MR) is 95.0 cm³/mol. The van der Waals surface area contributed by atoms with Gasteiger partial charge in [0.05, 0.1) is 4.90 Å². The summed E-state index contributed by atoms with van der Waals surface area (Å²) in [4.78, 5) is 15.1. The Balaban J connectivity index is 2.08. The van der Waals surface area contributed by atoms with Crippen molar-refractivity contribution in [3.63, 3.8) is 0 Å². The van der Waals surface area contributed by atoms with Crippen molar-refractivity contribution in [3.8, 4) is 0 Å². The third kappa shape index (κ3) is 4.55. The van der Waals surface area contributed by atoms with Gasteiger partial charge in [0.2, 0.25) is 10.0 Å². The molecule has 0 saturated heterocycles. The molecule has 0 fully saturated rings. The Morgan fingerprint density at radius 3 is 2.40 bits per heavy atom. The second-order valence-corrected chi connectivity index (χ2v) is 7.82. The summed E-state index contributed by atoms with van der Waals surface area (Å²) in [6, 6.07) is 11.1. The molecule has 0 aliphatic carbocycles. The highest BCUT2D eigenvalue weighted by atomic mass is 32.2. The minimum Gasteiger partial charge on any atom is -0.477 e. The van der Waals surface area contributed by atoms with Gasteiger partial charge in [0.1, 0.15) is 5.82 Å². The summed E-state index contributed by atoms with van der Waals surface area (Å²) in [6.07, 6.45) is 0. The van der Waals surface area contributed by atoms with E-state index in [1.54, 1.807) is 43.4 Å². The highest BCUT2D eigenvalue weighted by Crippen LogP contribution is 2.17. The van der Waals surface area contributed by atoms with Crippen LogP contribution in [-0.2, 0) is 16.6 Å². The maximum atomic E-state index is 12.4. The van der Waals surface area contributed by atoms with Crippen molar-refractivity contribution >= 4 is 21.8 Å². The van der Waals surface area contributed by atoms with Crippen LogP contribution in [0.3, 0.4) is 0 Å². The van der Waals surface area contributed by atoms with Crippen LogP contribution in [0.1, 0.15) is 29.9 Å². The number of pyridine rings is 1. The fraction of sp³-hybridized carbons (Fsp3) is 0.294. The zero-order valence-electron chi connectivity index (χ0n) is 14.3. The molecule has 7 nitrogen and oxygen atoms in total. The number of nitrogens with one attached hydrogen (secondary N) is 1. The van der Waals surface area contributed by atoms with Gasteiger partial charge in [-0.2, -0.15) is 4.31 Å². The van der Waals surface area contributed by atoms with Gasteiger partial charge < -0.3 is 10.4 Å². The van der Waals surface area contributed by atoms with Gasteiger partial charge in [-0.1, -0.05) is 18.2 Å². The molecule has 2 rings (SSSR count). The Labute approximate surface area is 147 Å². The average Bonchev–Trinajstić information content (AvgIpc) is 2.59. The predicted octanol–water partition coefficient (Wildman–Crippen LogP) is 2.42. The largest absolute Gasteiger partial charge is 0.477 e. The van der Waals surface area contributed by atoms with Gasteiger partial charge in [0.25, 0.3) is 0 Å². The van der Waals surface area contributed by atoms with E-state index in [4.69, 9.17) is 5.11 Å². The van der Waals surface area contributed by atoms with Crippen molar-refractivity contribution in [2.24, 2.45) is 0 Å². The van der Waals surface area contributed by atoms with Crippen LogP contribution in [0.5, 0.6) is 0 Å². The molecule has 0 spiro atoms. The van der Waals surface area contributed by atoms with Crippen molar-refractivity contribution in [2.45, 2.75) is 31.3 Å². The average molecular weight is 363 g/mol. The summed E-state index contributed by atoms with van der Waals surface area (Å²) in [5, 5.41) is 12.0. The Bertz CT molecular complexity index is 848. The van der Waals surface area contributed by atoms with Crippen molar-refractivity contribution in [1.82, 2.24) is 9.29 Å². The zero-order chi connectivity index (χ0) is 18.6. The lowest BCUT2D eigenvalue weighted by atomic mass is 10.2.